The van der Waals surface area contributed by atoms with Crippen LogP contribution in [0.2, 0.25) is 0 Å². The third-order valence-electron chi connectivity index (χ3n) is 5.42. The summed E-state index contributed by atoms with van der Waals surface area (Å²) in [5, 5.41) is 1.57. The summed E-state index contributed by atoms with van der Waals surface area (Å²) >= 11 is 0.619. The predicted molar refractivity (Wildman–Crippen MR) is 136 cm³/mol. The van der Waals surface area contributed by atoms with Gasteiger partial charge in [-0.25, -0.2) is 4.39 Å². The number of nitrogens with one attached hydrogen (secondary N) is 1. The molecule has 202 valence electrons. The largest absolute Gasteiger partial charge is 0.493 e. The van der Waals surface area contributed by atoms with Crippen molar-refractivity contribution in [2.75, 3.05) is 19.0 Å². The highest BCUT2D eigenvalue weighted by Gasteiger charge is 2.36. The highest BCUT2D eigenvalue weighted by Crippen LogP contribution is 2.35. The summed E-state index contributed by atoms with van der Waals surface area (Å²) in [4.78, 5) is 38.3. The van der Waals surface area contributed by atoms with Crippen LogP contribution < -0.4 is 14.8 Å². The van der Waals surface area contributed by atoms with Gasteiger partial charge < -0.3 is 14.8 Å². The number of nitrogens with zero attached hydrogens (tertiary/aromatic N) is 1. The fourth-order valence-corrected chi connectivity index (χ4v) is 4.42. The molecule has 0 atom stereocenters. The molecule has 0 aliphatic carbocycles. The Labute approximate surface area is 224 Å². The molecule has 0 unspecified atom stereocenters. The van der Waals surface area contributed by atoms with Crippen LogP contribution in [0.25, 0.3) is 6.08 Å². The monoisotopic (exact) mass is 560 g/mol. The fourth-order valence-electron chi connectivity index (χ4n) is 3.59. The molecule has 3 amide bonds. The van der Waals surface area contributed by atoms with Gasteiger partial charge in [0.05, 0.1) is 17.6 Å². The molecule has 0 saturated carbocycles. The van der Waals surface area contributed by atoms with E-state index in [1.54, 1.807) is 30.3 Å². The number of carbonyl (C=O) groups excluding carboxylic acids is 3. The van der Waals surface area contributed by atoms with Crippen LogP contribution in [0.15, 0.2) is 71.6 Å². The van der Waals surface area contributed by atoms with Crippen LogP contribution >= 0.6 is 11.8 Å². The average Bonchev–Trinajstić information content (AvgIpc) is 3.14. The van der Waals surface area contributed by atoms with Crippen LogP contribution in [0.1, 0.15) is 16.7 Å². The Morgan fingerprint density at radius 2 is 1.79 bits per heavy atom. The number of methoxy groups -OCH3 is 1. The van der Waals surface area contributed by atoms with Gasteiger partial charge in [-0.1, -0.05) is 24.3 Å². The molecule has 0 radical (unpaired) electrons. The van der Waals surface area contributed by atoms with Crippen molar-refractivity contribution in [1.29, 1.82) is 0 Å². The lowest BCUT2D eigenvalue weighted by Crippen LogP contribution is -2.36. The second-order valence-electron chi connectivity index (χ2n) is 8.22. The first-order chi connectivity index (χ1) is 18.5. The highest BCUT2D eigenvalue weighted by atomic mass is 32.2. The molecule has 1 aliphatic rings. The molecule has 39 heavy (non-hydrogen) atoms. The number of carbonyl (C=O) groups is 3. The minimum atomic E-state index is -4.59. The van der Waals surface area contributed by atoms with Crippen molar-refractivity contribution in [1.82, 2.24) is 4.90 Å². The number of amides is 3. The first kappa shape index (κ1) is 27.7. The molecule has 3 aromatic carbocycles. The zero-order chi connectivity index (χ0) is 28.2. The lowest BCUT2D eigenvalue weighted by molar-refractivity contribution is -0.137. The maximum Gasteiger partial charge on any atom is 0.416 e. The average molecular weight is 561 g/mol. The minimum absolute atomic E-state index is 0.0438. The van der Waals surface area contributed by atoms with Gasteiger partial charge in [-0.15, -0.1) is 0 Å². The Morgan fingerprint density at radius 3 is 2.51 bits per heavy atom. The summed E-state index contributed by atoms with van der Waals surface area (Å²) in [7, 11) is 1.42. The Balaban J connectivity index is 1.42. The van der Waals surface area contributed by atoms with E-state index in [1.807, 2.05) is 0 Å². The molecule has 7 nitrogen and oxygen atoms in total. The SMILES string of the molecule is COc1cc(/C=C2\SC(=O)N(CC(=O)Nc3cccc(C(F)(F)F)c3)C2=O)ccc1OCc1cccc(F)c1. The van der Waals surface area contributed by atoms with Gasteiger partial charge in [0, 0.05) is 5.69 Å². The van der Waals surface area contributed by atoms with Crippen LogP contribution in [0.3, 0.4) is 0 Å². The van der Waals surface area contributed by atoms with E-state index in [1.165, 1.54) is 31.4 Å². The van der Waals surface area contributed by atoms with Gasteiger partial charge in [-0.05, 0) is 71.4 Å². The van der Waals surface area contributed by atoms with Crippen molar-refractivity contribution in [2.24, 2.45) is 0 Å². The van der Waals surface area contributed by atoms with Crippen molar-refractivity contribution < 1.29 is 41.4 Å². The number of imide groups is 1. The third-order valence-corrected chi connectivity index (χ3v) is 6.33. The molecule has 12 heteroatoms. The van der Waals surface area contributed by atoms with E-state index in [4.69, 9.17) is 9.47 Å². The number of thioether (sulfide) groups is 1. The van der Waals surface area contributed by atoms with Crippen molar-refractivity contribution in [3.05, 3.63) is 94.1 Å². The first-order valence-electron chi connectivity index (χ1n) is 11.3. The zero-order valence-corrected chi connectivity index (χ0v) is 21.1. The second-order valence-corrected chi connectivity index (χ2v) is 9.22. The van der Waals surface area contributed by atoms with Gasteiger partial charge in [0.15, 0.2) is 11.5 Å². The van der Waals surface area contributed by atoms with E-state index in [9.17, 15) is 31.9 Å². The smallest absolute Gasteiger partial charge is 0.416 e. The van der Waals surface area contributed by atoms with Gasteiger partial charge in [-0.3, -0.25) is 19.3 Å². The highest BCUT2D eigenvalue weighted by molar-refractivity contribution is 8.18. The number of rotatable bonds is 8. The first-order valence-corrected chi connectivity index (χ1v) is 12.1. The summed E-state index contributed by atoms with van der Waals surface area (Å²) in [6, 6.07) is 14.7. The maximum absolute atomic E-state index is 13.4. The molecule has 0 aromatic heterocycles. The molecule has 1 N–H and O–H groups in total. The van der Waals surface area contributed by atoms with Gasteiger partial charge in [0.25, 0.3) is 11.1 Å². The lowest BCUT2D eigenvalue weighted by Gasteiger charge is -2.13. The predicted octanol–water partition coefficient (Wildman–Crippen LogP) is 6.11. The van der Waals surface area contributed by atoms with Crippen molar-refractivity contribution >= 4 is 40.6 Å². The molecule has 1 saturated heterocycles. The van der Waals surface area contributed by atoms with Crippen molar-refractivity contribution in [3.8, 4) is 11.5 Å². The fraction of sp³-hybridized carbons (Fsp3) is 0.148. The molecule has 0 spiro atoms. The van der Waals surface area contributed by atoms with E-state index >= 15 is 0 Å². The van der Waals surface area contributed by atoms with Gasteiger partial charge in [0.1, 0.15) is 19.0 Å². The van der Waals surface area contributed by atoms with Crippen molar-refractivity contribution in [2.45, 2.75) is 12.8 Å². The minimum Gasteiger partial charge on any atom is -0.493 e. The Hall–Kier alpha value is -4.32. The van der Waals surface area contributed by atoms with Crippen molar-refractivity contribution in [3.63, 3.8) is 0 Å². The van der Waals surface area contributed by atoms with Crippen LogP contribution in [0, 0.1) is 5.82 Å². The number of alkyl halides is 3. The van der Waals surface area contributed by atoms with Crippen LogP contribution in [0.4, 0.5) is 28.0 Å². The molecular weight excluding hydrogens is 540 g/mol. The number of anilines is 1. The number of benzene rings is 3. The molecule has 4 rings (SSSR count). The standard InChI is InChI=1S/C27H20F4N2O5S/c1-37-22-11-16(8-9-21(22)38-15-17-4-2-6-19(28)10-17)12-23-25(35)33(26(36)39-23)14-24(34)32-20-7-3-5-18(13-20)27(29,30)31/h2-13H,14-15H2,1H3,(H,32,34)/b23-12-. The maximum atomic E-state index is 13.4. The van der Waals surface area contributed by atoms with E-state index in [2.05, 4.69) is 5.32 Å². The molecule has 1 fully saturated rings. The Kier molecular flexibility index (Phi) is 8.24. The summed E-state index contributed by atoms with van der Waals surface area (Å²) in [5.41, 5.74) is 0.0510. The molecule has 0 bridgehead atoms. The third kappa shape index (κ3) is 6.96. The zero-order valence-electron chi connectivity index (χ0n) is 20.3. The molecular formula is C27H20F4N2O5S. The molecule has 1 aliphatic heterocycles. The van der Waals surface area contributed by atoms with E-state index in [0.29, 0.717) is 39.3 Å². The van der Waals surface area contributed by atoms with Gasteiger partial charge >= 0.3 is 6.18 Å². The van der Waals surface area contributed by atoms with Crippen LogP contribution in [0.5, 0.6) is 11.5 Å². The Morgan fingerprint density at radius 1 is 1.03 bits per heavy atom. The topological polar surface area (TPSA) is 84.9 Å². The summed E-state index contributed by atoms with van der Waals surface area (Å²) < 4.78 is 63.2. The van der Waals surface area contributed by atoms with Gasteiger partial charge in [0.2, 0.25) is 5.91 Å². The van der Waals surface area contributed by atoms with Crippen LogP contribution in [-0.4, -0.2) is 35.6 Å². The number of hydrogen-bond acceptors (Lipinski definition) is 6. The van der Waals surface area contributed by atoms with Crippen LogP contribution in [-0.2, 0) is 22.4 Å². The normalized spacial score (nSPS) is 14.6. The van der Waals surface area contributed by atoms with E-state index < -0.39 is 35.3 Å². The summed E-state index contributed by atoms with van der Waals surface area (Å²) in [6.07, 6.45) is -3.15. The number of ether oxygens (including phenoxy) is 2. The number of hydrogen-bond donors (Lipinski definition) is 1. The molecule has 3 aromatic rings. The Bertz CT molecular complexity index is 1460. The second kappa shape index (κ2) is 11.6. The number of halogens is 4. The van der Waals surface area contributed by atoms with Gasteiger partial charge in [-0.2, -0.15) is 13.2 Å². The lowest BCUT2D eigenvalue weighted by atomic mass is 10.1. The van der Waals surface area contributed by atoms with E-state index in [0.717, 1.165) is 18.2 Å². The summed E-state index contributed by atoms with van der Waals surface area (Å²) in [6.45, 7) is -0.580. The summed E-state index contributed by atoms with van der Waals surface area (Å²) in [5.74, 6) is -1.24. The van der Waals surface area contributed by atoms with E-state index in [-0.39, 0.29) is 23.0 Å². The molecule has 1 heterocycles. The quantitative estimate of drug-likeness (QED) is 0.265.